The zero-order valence-corrected chi connectivity index (χ0v) is 5.69. The molecule has 0 aliphatic carbocycles. The average molecular weight is 151 g/mol. The number of halogens is 2. The molecule has 0 saturated heterocycles. The van der Waals surface area contributed by atoms with Gasteiger partial charge in [-0.15, -0.1) is 0 Å². The lowest BCUT2D eigenvalue weighted by Crippen LogP contribution is -2.41. The second-order valence-corrected chi connectivity index (χ2v) is 2.10. The Morgan fingerprint density at radius 1 is 1.60 bits per heavy atom. The normalized spacial score (nSPS) is 11.5. The highest BCUT2D eigenvalue weighted by Gasteiger charge is 2.29. The fourth-order valence-corrected chi connectivity index (χ4v) is 0.501. The minimum Gasteiger partial charge on any atom is -0.544 e. The number of alkyl halides is 2. The van der Waals surface area contributed by atoms with Crippen molar-refractivity contribution in [2.75, 3.05) is 0 Å². The van der Waals surface area contributed by atoms with Gasteiger partial charge in [0.05, 0.1) is 0 Å². The van der Waals surface area contributed by atoms with E-state index in [4.69, 9.17) is 0 Å². The van der Waals surface area contributed by atoms with Crippen LogP contribution in [-0.2, 0) is 4.79 Å². The molecular weight excluding hydrogens is 142 g/mol. The van der Waals surface area contributed by atoms with Gasteiger partial charge in [-0.05, 0) is 6.42 Å². The summed E-state index contributed by atoms with van der Waals surface area (Å²) in [4.78, 5) is 9.67. The van der Waals surface area contributed by atoms with Crippen LogP contribution in [0.2, 0.25) is 0 Å². The summed E-state index contributed by atoms with van der Waals surface area (Å²) in [6.07, 6.45) is 0.148. The molecule has 0 aromatic carbocycles. The first-order valence-electron chi connectivity index (χ1n) is 3.10. The molecule has 4 heteroatoms. The van der Waals surface area contributed by atoms with Crippen LogP contribution < -0.4 is 5.11 Å². The number of hydrogen-bond acceptors (Lipinski definition) is 2. The molecule has 10 heavy (non-hydrogen) atoms. The Balaban J connectivity index is 3.75. The van der Waals surface area contributed by atoms with E-state index in [0.717, 1.165) is 0 Å². The lowest BCUT2D eigenvalue weighted by atomic mass is 10.1. The summed E-state index contributed by atoms with van der Waals surface area (Å²) in [5.41, 5.74) is 0. The van der Waals surface area contributed by atoms with E-state index < -0.39 is 18.3 Å². The quantitative estimate of drug-likeness (QED) is 0.589. The van der Waals surface area contributed by atoms with Crippen LogP contribution in [0.4, 0.5) is 8.78 Å². The van der Waals surface area contributed by atoms with Crippen LogP contribution in [0.5, 0.6) is 0 Å². The molecule has 0 aromatic rings. The van der Waals surface area contributed by atoms with Crippen molar-refractivity contribution in [3.05, 3.63) is 0 Å². The minimum atomic E-state index is -3.64. The molecule has 0 atom stereocenters. The van der Waals surface area contributed by atoms with E-state index in [1.165, 1.54) is 0 Å². The topological polar surface area (TPSA) is 40.1 Å². The van der Waals surface area contributed by atoms with Crippen LogP contribution >= 0.6 is 0 Å². The van der Waals surface area contributed by atoms with Gasteiger partial charge in [0.25, 0.3) is 5.92 Å². The van der Waals surface area contributed by atoms with Crippen molar-refractivity contribution < 1.29 is 18.7 Å². The molecule has 0 aromatic heterocycles. The summed E-state index contributed by atoms with van der Waals surface area (Å²) < 4.78 is 24.1. The van der Waals surface area contributed by atoms with E-state index in [-0.39, 0.29) is 6.42 Å². The van der Waals surface area contributed by atoms with Gasteiger partial charge in [-0.3, -0.25) is 0 Å². The number of rotatable bonds is 4. The minimum absolute atomic E-state index is 0.209. The van der Waals surface area contributed by atoms with Crippen LogP contribution in [0.3, 0.4) is 0 Å². The third kappa shape index (κ3) is 2.75. The van der Waals surface area contributed by atoms with E-state index in [2.05, 4.69) is 0 Å². The highest BCUT2D eigenvalue weighted by atomic mass is 19.3. The molecular formula is C6H9F2O2-. The number of carbonyl (C=O) groups is 1. The molecule has 0 radical (unpaired) electrons. The number of carboxylic acids is 1. The number of hydrogen-bond donors (Lipinski definition) is 0. The molecule has 0 aliphatic rings. The fraction of sp³-hybridized carbons (Fsp3) is 0.833. The van der Waals surface area contributed by atoms with Crippen molar-refractivity contribution in [3.8, 4) is 0 Å². The Bertz CT molecular complexity index is 123. The Kier molecular flexibility index (Phi) is 3.25. The van der Waals surface area contributed by atoms with E-state index in [9.17, 15) is 18.7 Å². The smallest absolute Gasteiger partial charge is 0.287 e. The third-order valence-corrected chi connectivity index (χ3v) is 1.14. The van der Waals surface area contributed by atoms with Crippen molar-refractivity contribution in [1.29, 1.82) is 0 Å². The summed E-state index contributed by atoms with van der Waals surface area (Å²) in [6, 6.07) is 0. The summed E-state index contributed by atoms with van der Waals surface area (Å²) >= 11 is 0. The van der Waals surface area contributed by atoms with Gasteiger partial charge in [0, 0.05) is 6.42 Å². The summed E-state index contributed by atoms with van der Waals surface area (Å²) in [7, 11) is 0. The number of aliphatic carboxylic acids is 1. The van der Waals surface area contributed by atoms with Gasteiger partial charge in [0.15, 0.2) is 0 Å². The molecule has 60 valence electrons. The highest BCUT2D eigenvalue weighted by molar-refractivity contribution is 5.72. The molecule has 0 spiro atoms. The van der Waals surface area contributed by atoms with Crippen molar-refractivity contribution >= 4 is 5.97 Å². The molecule has 0 N–H and O–H groups in total. The number of carboxylic acid groups (broad SMARTS) is 1. The van der Waals surface area contributed by atoms with Crippen LogP contribution in [0.1, 0.15) is 26.2 Å². The zero-order chi connectivity index (χ0) is 8.20. The lowest BCUT2D eigenvalue weighted by Gasteiger charge is -2.15. The highest BCUT2D eigenvalue weighted by Crippen LogP contribution is 2.19. The number of carbonyl (C=O) groups excluding carboxylic acids is 1. The average Bonchev–Trinajstić information content (AvgIpc) is 1.84. The lowest BCUT2D eigenvalue weighted by molar-refractivity contribution is -0.330. The first kappa shape index (κ1) is 9.33. The van der Waals surface area contributed by atoms with Gasteiger partial charge in [-0.2, -0.15) is 0 Å². The van der Waals surface area contributed by atoms with Crippen molar-refractivity contribution in [2.45, 2.75) is 32.1 Å². The Morgan fingerprint density at radius 2 is 2.10 bits per heavy atom. The van der Waals surface area contributed by atoms with Crippen molar-refractivity contribution in [3.63, 3.8) is 0 Å². The monoisotopic (exact) mass is 151 g/mol. The van der Waals surface area contributed by atoms with Gasteiger partial charge in [-0.1, -0.05) is 13.3 Å². The molecule has 0 aliphatic heterocycles. The van der Waals surface area contributed by atoms with Gasteiger partial charge < -0.3 is 9.90 Å². The zero-order valence-electron chi connectivity index (χ0n) is 5.69. The molecule has 0 saturated carbocycles. The Hall–Kier alpha value is -0.670. The van der Waals surface area contributed by atoms with E-state index >= 15 is 0 Å². The fourth-order valence-electron chi connectivity index (χ4n) is 0.501. The summed E-state index contributed by atoms with van der Waals surface area (Å²) in [5, 5.41) is 9.67. The van der Waals surface area contributed by atoms with Gasteiger partial charge in [0.1, 0.15) is 5.97 Å². The van der Waals surface area contributed by atoms with Crippen LogP contribution in [0.25, 0.3) is 0 Å². The maximum absolute atomic E-state index is 12.1. The maximum Gasteiger partial charge on any atom is 0.287 e. The molecule has 0 amide bonds. The van der Waals surface area contributed by atoms with Gasteiger partial charge >= 0.3 is 0 Å². The molecule has 2 nitrogen and oxygen atoms in total. The molecule has 0 rings (SSSR count). The number of unbranched alkanes of at least 4 members (excludes halogenated alkanes) is 1. The molecule has 0 bridgehead atoms. The largest absolute Gasteiger partial charge is 0.544 e. The SMILES string of the molecule is CCCCC(F)(F)C(=O)[O-]. The predicted molar refractivity (Wildman–Crippen MR) is 29.5 cm³/mol. The van der Waals surface area contributed by atoms with Crippen LogP contribution in [0.15, 0.2) is 0 Å². The second kappa shape index (κ2) is 3.49. The van der Waals surface area contributed by atoms with Crippen molar-refractivity contribution in [2.24, 2.45) is 0 Å². The van der Waals surface area contributed by atoms with Gasteiger partial charge in [0.2, 0.25) is 0 Å². The first-order valence-corrected chi connectivity index (χ1v) is 3.10. The summed E-state index contributed by atoms with van der Waals surface area (Å²) in [6.45, 7) is 1.71. The summed E-state index contributed by atoms with van der Waals surface area (Å²) in [5.74, 6) is -5.92. The van der Waals surface area contributed by atoms with Gasteiger partial charge in [-0.25, -0.2) is 8.78 Å². The first-order chi connectivity index (χ1) is 4.50. The van der Waals surface area contributed by atoms with Crippen LogP contribution in [-0.4, -0.2) is 11.9 Å². The standard InChI is InChI=1S/C6H10F2O2/c1-2-3-4-6(7,8)5(9)10/h2-4H2,1H3,(H,9,10)/p-1. The maximum atomic E-state index is 12.1. The van der Waals surface area contributed by atoms with Crippen molar-refractivity contribution in [1.82, 2.24) is 0 Å². The Morgan fingerprint density at radius 3 is 2.40 bits per heavy atom. The predicted octanol–water partition coefficient (Wildman–Crippen LogP) is 0.562. The third-order valence-electron chi connectivity index (χ3n) is 1.14. The molecule has 0 unspecified atom stereocenters. The van der Waals surface area contributed by atoms with E-state index in [0.29, 0.717) is 6.42 Å². The molecule has 0 heterocycles. The van der Waals surface area contributed by atoms with E-state index in [1.54, 1.807) is 6.92 Å². The van der Waals surface area contributed by atoms with Crippen LogP contribution in [0, 0.1) is 0 Å². The second-order valence-electron chi connectivity index (χ2n) is 2.10. The Labute approximate surface area is 57.9 Å². The molecule has 0 fully saturated rings. The van der Waals surface area contributed by atoms with E-state index in [1.807, 2.05) is 0 Å².